The molecule has 1 aliphatic rings. The van der Waals surface area contributed by atoms with Gasteiger partial charge in [-0.3, -0.25) is 9.59 Å². The summed E-state index contributed by atoms with van der Waals surface area (Å²) in [7, 11) is 0. The Morgan fingerprint density at radius 1 is 1.47 bits per heavy atom. The molecule has 4 N–H and O–H groups in total. The van der Waals surface area contributed by atoms with E-state index in [1.54, 1.807) is 0 Å². The molecule has 0 spiro atoms. The van der Waals surface area contributed by atoms with E-state index in [9.17, 15) is 9.59 Å². The van der Waals surface area contributed by atoms with E-state index in [1.807, 2.05) is 0 Å². The minimum atomic E-state index is -0.586. The number of carbonyl (C=O) groups is 2. The summed E-state index contributed by atoms with van der Waals surface area (Å²) in [5, 5.41) is 5.35. The molecule has 6 heteroatoms. The average molecular weight is 204 g/mol. The molecule has 0 saturated carbocycles. The molecular formula is C9H8N4O2. The Balaban J connectivity index is 2.45. The van der Waals surface area contributed by atoms with Gasteiger partial charge in [0.1, 0.15) is 0 Å². The quantitative estimate of drug-likeness (QED) is 0.602. The minimum Gasteiger partial charge on any atom is -0.366 e. The van der Waals surface area contributed by atoms with Crippen LogP contribution in [0, 0.1) is 0 Å². The maximum Gasteiger partial charge on any atom is 0.250 e. The Bertz CT molecular complexity index is 467. The molecule has 1 aromatic heterocycles. The van der Waals surface area contributed by atoms with Gasteiger partial charge in [0.2, 0.25) is 11.8 Å². The first-order valence-electron chi connectivity index (χ1n) is 4.21. The van der Waals surface area contributed by atoms with Crippen molar-refractivity contribution in [1.29, 1.82) is 0 Å². The third-order valence-corrected chi connectivity index (χ3v) is 1.88. The molecule has 0 radical (unpaired) electrons. The lowest BCUT2D eigenvalue weighted by Crippen LogP contribution is -2.13. The fourth-order valence-electron chi connectivity index (χ4n) is 1.18. The Morgan fingerprint density at radius 3 is 3.00 bits per heavy atom. The number of pyridine rings is 1. The molecule has 0 aromatic carbocycles. The third kappa shape index (κ3) is 1.78. The zero-order chi connectivity index (χ0) is 10.8. The minimum absolute atomic E-state index is 0.248. The molecule has 2 rings (SSSR count). The smallest absolute Gasteiger partial charge is 0.250 e. The Kier molecular flexibility index (Phi) is 2.09. The molecule has 0 aliphatic carbocycles. The molecule has 0 bridgehead atoms. The topological polar surface area (TPSA) is 97.1 Å². The van der Waals surface area contributed by atoms with Crippen LogP contribution >= 0.6 is 0 Å². The number of aromatic nitrogens is 1. The first-order chi connectivity index (χ1) is 7.16. The lowest BCUT2D eigenvalue weighted by atomic mass is 10.2. The molecule has 2 amide bonds. The average Bonchev–Trinajstić information content (AvgIpc) is 2.37. The number of hydrogen-bond acceptors (Lipinski definition) is 4. The van der Waals surface area contributed by atoms with Crippen molar-refractivity contribution in [3.8, 4) is 0 Å². The van der Waals surface area contributed by atoms with Crippen molar-refractivity contribution < 1.29 is 9.59 Å². The van der Waals surface area contributed by atoms with Gasteiger partial charge < -0.3 is 16.4 Å². The van der Waals surface area contributed by atoms with Gasteiger partial charge in [-0.2, -0.15) is 0 Å². The van der Waals surface area contributed by atoms with Crippen LogP contribution in [0.3, 0.4) is 0 Å². The maximum absolute atomic E-state index is 11.1. The van der Waals surface area contributed by atoms with Crippen molar-refractivity contribution in [3.63, 3.8) is 0 Å². The van der Waals surface area contributed by atoms with Crippen molar-refractivity contribution in [2.45, 2.75) is 0 Å². The van der Waals surface area contributed by atoms with Gasteiger partial charge in [-0.25, -0.2) is 4.98 Å². The molecular weight excluding hydrogens is 196 g/mol. The van der Waals surface area contributed by atoms with E-state index >= 15 is 0 Å². The number of nitrogens with zero attached hydrogens (tertiary/aromatic N) is 1. The summed E-state index contributed by atoms with van der Waals surface area (Å²) in [4.78, 5) is 26.0. The van der Waals surface area contributed by atoms with Gasteiger partial charge >= 0.3 is 0 Å². The SMILES string of the molecule is NC(=O)c1cnc2c(c1)NC(=O)C=CN2. The second kappa shape index (κ2) is 3.41. The fraction of sp³-hybridized carbons (Fsp3) is 0. The van der Waals surface area contributed by atoms with E-state index < -0.39 is 5.91 Å². The number of anilines is 2. The van der Waals surface area contributed by atoms with E-state index in [1.165, 1.54) is 24.5 Å². The Labute approximate surface area is 85.2 Å². The van der Waals surface area contributed by atoms with E-state index in [4.69, 9.17) is 5.73 Å². The predicted molar refractivity (Wildman–Crippen MR) is 54.1 cm³/mol. The largest absolute Gasteiger partial charge is 0.366 e. The second-order valence-electron chi connectivity index (χ2n) is 2.95. The number of nitrogens with one attached hydrogen (secondary N) is 2. The molecule has 1 aromatic rings. The van der Waals surface area contributed by atoms with Gasteiger partial charge in [0.15, 0.2) is 5.82 Å². The number of rotatable bonds is 1. The normalized spacial score (nSPS) is 13.5. The molecule has 6 nitrogen and oxygen atoms in total. The standard InChI is InChI=1S/C9H8N4O2/c10-8(15)5-3-6-9(12-4-5)11-2-1-7(14)13-6/h1-4H,(H2,10,15)(H,11,12)(H,13,14). The van der Waals surface area contributed by atoms with Crippen LogP contribution in [0.2, 0.25) is 0 Å². The third-order valence-electron chi connectivity index (χ3n) is 1.88. The first-order valence-corrected chi connectivity index (χ1v) is 4.21. The van der Waals surface area contributed by atoms with Crippen LogP contribution in [-0.4, -0.2) is 16.8 Å². The van der Waals surface area contributed by atoms with Crippen LogP contribution in [0.15, 0.2) is 24.5 Å². The first kappa shape index (κ1) is 9.20. The fourth-order valence-corrected chi connectivity index (χ4v) is 1.18. The predicted octanol–water partition coefficient (Wildman–Crippen LogP) is 0.0582. The number of primary amides is 1. The molecule has 0 unspecified atom stereocenters. The summed E-state index contributed by atoms with van der Waals surface area (Å²) < 4.78 is 0. The molecule has 1 aliphatic heterocycles. The number of nitrogens with two attached hydrogens (primary N) is 1. The van der Waals surface area contributed by atoms with E-state index in [0.29, 0.717) is 11.5 Å². The number of carbonyl (C=O) groups excluding carboxylic acids is 2. The summed E-state index contributed by atoms with van der Waals surface area (Å²) >= 11 is 0. The summed E-state index contributed by atoms with van der Waals surface area (Å²) in [5.41, 5.74) is 5.77. The summed E-state index contributed by atoms with van der Waals surface area (Å²) in [6, 6.07) is 1.47. The van der Waals surface area contributed by atoms with Crippen LogP contribution in [-0.2, 0) is 4.79 Å². The monoisotopic (exact) mass is 204 g/mol. The molecule has 15 heavy (non-hydrogen) atoms. The van der Waals surface area contributed by atoms with Gasteiger partial charge in [-0.1, -0.05) is 0 Å². The second-order valence-corrected chi connectivity index (χ2v) is 2.95. The lowest BCUT2D eigenvalue weighted by molar-refractivity contribution is -0.111. The van der Waals surface area contributed by atoms with Gasteiger partial charge in [-0.05, 0) is 6.07 Å². The highest BCUT2D eigenvalue weighted by atomic mass is 16.1. The number of hydrogen-bond donors (Lipinski definition) is 3. The van der Waals surface area contributed by atoms with E-state index in [-0.39, 0.29) is 11.5 Å². The van der Waals surface area contributed by atoms with E-state index in [0.717, 1.165) is 0 Å². The van der Waals surface area contributed by atoms with Crippen LogP contribution in [0.5, 0.6) is 0 Å². The van der Waals surface area contributed by atoms with Gasteiger partial charge in [0, 0.05) is 18.5 Å². The molecule has 0 fully saturated rings. The van der Waals surface area contributed by atoms with Crippen LogP contribution in [0.1, 0.15) is 10.4 Å². The van der Waals surface area contributed by atoms with Crippen molar-refractivity contribution in [2.24, 2.45) is 5.73 Å². The van der Waals surface area contributed by atoms with Crippen LogP contribution < -0.4 is 16.4 Å². The number of amides is 2. The highest BCUT2D eigenvalue weighted by Crippen LogP contribution is 2.21. The molecule has 0 saturated heterocycles. The summed E-state index contributed by atoms with van der Waals surface area (Å²) in [6.45, 7) is 0. The Hall–Kier alpha value is -2.37. The molecule has 2 heterocycles. The zero-order valence-electron chi connectivity index (χ0n) is 7.65. The highest BCUT2D eigenvalue weighted by molar-refractivity contribution is 6.04. The van der Waals surface area contributed by atoms with E-state index in [2.05, 4.69) is 15.6 Å². The molecule has 76 valence electrons. The summed E-state index contributed by atoms with van der Waals surface area (Å²) in [6.07, 6.45) is 4.14. The molecule has 0 atom stereocenters. The zero-order valence-corrected chi connectivity index (χ0v) is 7.65. The van der Waals surface area contributed by atoms with Crippen molar-refractivity contribution in [2.75, 3.05) is 10.6 Å². The van der Waals surface area contributed by atoms with Gasteiger partial charge in [0.25, 0.3) is 0 Å². The van der Waals surface area contributed by atoms with Crippen molar-refractivity contribution in [1.82, 2.24) is 4.98 Å². The lowest BCUT2D eigenvalue weighted by Gasteiger charge is -2.06. The van der Waals surface area contributed by atoms with Gasteiger partial charge in [-0.15, -0.1) is 0 Å². The maximum atomic E-state index is 11.1. The van der Waals surface area contributed by atoms with Crippen molar-refractivity contribution in [3.05, 3.63) is 30.1 Å². The summed E-state index contributed by atoms with van der Waals surface area (Å²) in [5.74, 6) is -0.400. The Morgan fingerprint density at radius 2 is 2.27 bits per heavy atom. The van der Waals surface area contributed by atoms with Gasteiger partial charge in [0.05, 0.1) is 11.3 Å². The highest BCUT2D eigenvalue weighted by Gasteiger charge is 2.11. The van der Waals surface area contributed by atoms with Crippen molar-refractivity contribution >= 4 is 23.3 Å². The number of fused-ring (bicyclic) bond motifs is 1. The van der Waals surface area contributed by atoms with Crippen LogP contribution in [0.4, 0.5) is 11.5 Å². The van der Waals surface area contributed by atoms with Crippen LogP contribution in [0.25, 0.3) is 0 Å².